The van der Waals surface area contributed by atoms with Crippen LogP contribution >= 0.6 is 0 Å². The van der Waals surface area contributed by atoms with Gasteiger partial charge < -0.3 is 14.3 Å². The van der Waals surface area contributed by atoms with Crippen LogP contribution in [0.2, 0.25) is 0 Å². The van der Waals surface area contributed by atoms with Gasteiger partial charge in [-0.2, -0.15) is 5.10 Å². The van der Waals surface area contributed by atoms with E-state index in [-0.39, 0.29) is 23.3 Å². The maximum absolute atomic E-state index is 12.0. The molecule has 110 valence electrons. The highest BCUT2D eigenvalue weighted by atomic mass is 16.6. The number of aromatic amines is 1. The number of para-hydroxylation sites is 1. The lowest BCUT2D eigenvalue weighted by atomic mass is 10.2. The summed E-state index contributed by atoms with van der Waals surface area (Å²) in [5.41, 5.74) is 0. The van der Waals surface area contributed by atoms with Gasteiger partial charge in [0, 0.05) is 12.1 Å². The van der Waals surface area contributed by atoms with Crippen molar-refractivity contribution in [2.24, 2.45) is 0 Å². The van der Waals surface area contributed by atoms with E-state index in [1.54, 1.807) is 12.1 Å². The number of hydrogen-bond donors (Lipinski definition) is 2. The molecule has 3 aromatic rings. The second-order valence-corrected chi connectivity index (χ2v) is 4.25. The fourth-order valence-electron chi connectivity index (χ4n) is 1.70. The average Bonchev–Trinajstić information content (AvgIpc) is 3.19. The molecular weight excluding hydrogens is 286 g/mol. The summed E-state index contributed by atoms with van der Waals surface area (Å²) in [5.74, 6) is -0.0395. The molecule has 0 fully saturated rings. The SMILES string of the molecule is O=C(C=C(O)c1nc[nH]n1)c1ccc(Oc2ccccc2)o1. The molecule has 7 nitrogen and oxygen atoms in total. The van der Waals surface area contributed by atoms with Crippen molar-refractivity contribution in [1.29, 1.82) is 0 Å². The summed E-state index contributed by atoms with van der Waals surface area (Å²) in [6.45, 7) is 0. The van der Waals surface area contributed by atoms with Crippen LogP contribution in [0, 0.1) is 0 Å². The number of ketones is 1. The third-order valence-corrected chi connectivity index (χ3v) is 2.70. The van der Waals surface area contributed by atoms with Gasteiger partial charge in [-0.3, -0.25) is 9.89 Å². The number of carbonyl (C=O) groups is 1. The number of carbonyl (C=O) groups excluding carboxylic acids is 1. The molecule has 0 aliphatic carbocycles. The third-order valence-electron chi connectivity index (χ3n) is 2.70. The van der Waals surface area contributed by atoms with Crippen molar-refractivity contribution in [1.82, 2.24) is 15.2 Å². The largest absolute Gasteiger partial charge is 0.504 e. The number of aliphatic hydroxyl groups is 1. The predicted molar refractivity (Wildman–Crippen MR) is 76.5 cm³/mol. The molecule has 0 atom stereocenters. The Morgan fingerprint density at radius 3 is 2.77 bits per heavy atom. The van der Waals surface area contributed by atoms with Crippen LogP contribution in [0.15, 0.2) is 59.3 Å². The first kappa shape index (κ1) is 13.6. The van der Waals surface area contributed by atoms with Crippen molar-refractivity contribution < 1.29 is 19.1 Å². The number of allylic oxidation sites excluding steroid dienone is 1. The molecule has 1 aromatic carbocycles. The molecule has 0 aliphatic heterocycles. The van der Waals surface area contributed by atoms with Gasteiger partial charge >= 0.3 is 0 Å². The Morgan fingerprint density at radius 2 is 2.05 bits per heavy atom. The van der Waals surface area contributed by atoms with E-state index in [9.17, 15) is 9.90 Å². The molecule has 0 bridgehead atoms. The van der Waals surface area contributed by atoms with E-state index in [1.165, 1.54) is 18.5 Å². The number of aliphatic hydroxyl groups excluding tert-OH is 1. The molecule has 22 heavy (non-hydrogen) atoms. The van der Waals surface area contributed by atoms with Gasteiger partial charge in [0.2, 0.25) is 11.6 Å². The minimum Gasteiger partial charge on any atom is -0.504 e. The van der Waals surface area contributed by atoms with Crippen LogP contribution in [0.3, 0.4) is 0 Å². The van der Waals surface area contributed by atoms with E-state index < -0.39 is 5.78 Å². The number of aromatic nitrogens is 3. The monoisotopic (exact) mass is 297 g/mol. The summed E-state index contributed by atoms with van der Waals surface area (Å²) in [7, 11) is 0. The van der Waals surface area contributed by atoms with E-state index >= 15 is 0 Å². The van der Waals surface area contributed by atoms with Gasteiger partial charge in [-0.25, -0.2) is 4.98 Å². The standard InChI is InChI=1S/C15H11N3O4/c19-11(8-12(20)15-16-9-17-18-15)13-6-7-14(22-13)21-10-4-2-1-3-5-10/h1-9,20H,(H,16,17,18). The molecule has 0 saturated heterocycles. The smallest absolute Gasteiger partial charge is 0.290 e. The fraction of sp³-hybridized carbons (Fsp3) is 0. The van der Waals surface area contributed by atoms with Crippen molar-refractivity contribution in [2.75, 3.05) is 0 Å². The minimum atomic E-state index is -0.523. The highest BCUT2D eigenvalue weighted by Crippen LogP contribution is 2.24. The maximum Gasteiger partial charge on any atom is 0.290 e. The van der Waals surface area contributed by atoms with E-state index in [4.69, 9.17) is 9.15 Å². The van der Waals surface area contributed by atoms with E-state index in [0.717, 1.165) is 6.08 Å². The number of nitrogens with one attached hydrogen (secondary N) is 1. The topological polar surface area (TPSA) is 101 Å². The summed E-state index contributed by atoms with van der Waals surface area (Å²) in [6, 6.07) is 12.0. The van der Waals surface area contributed by atoms with Crippen LogP contribution in [0.25, 0.3) is 5.76 Å². The van der Waals surface area contributed by atoms with Gasteiger partial charge in [0.1, 0.15) is 12.1 Å². The lowest BCUT2D eigenvalue weighted by Crippen LogP contribution is -1.95. The highest BCUT2D eigenvalue weighted by molar-refractivity contribution is 6.05. The first-order chi connectivity index (χ1) is 10.7. The molecule has 2 N–H and O–H groups in total. The number of ether oxygens (including phenoxy) is 1. The van der Waals surface area contributed by atoms with Gasteiger partial charge in [-0.1, -0.05) is 18.2 Å². The average molecular weight is 297 g/mol. The first-order valence-corrected chi connectivity index (χ1v) is 6.36. The highest BCUT2D eigenvalue weighted by Gasteiger charge is 2.13. The molecule has 0 unspecified atom stereocenters. The van der Waals surface area contributed by atoms with Gasteiger partial charge in [0.05, 0.1) is 0 Å². The number of hydrogen-bond acceptors (Lipinski definition) is 6. The summed E-state index contributed by atoms with van der Waals surface area (Å²) < 4.78 is 10.7. The Labute approximate surface area is 124 Å². The second-order valence-electron chi connectivity index (χ2n) is 4.25. The molecule has 0 radical (unpaired) electrons. The molecule has 3 rings (SSSR count). The fourth-order valence-corrected chi connectivity index (χ4v) is 1.70. The third kappa shape index (κ3) is 3.04. The Hall–Kier alpha value is -3.35. The van der Waals surface area contributed by atoms with Crippen LogP contribution in [0.1, 0.15) is 16.4 Å². The quantitative estimate of drug-likeness (QED) is 0.426. The molecular formula is C15H11N3O4. The molecule has 2 heterocycles. The second kappa shape index (κ2) is 5.96. The van der Waals surface area contributed by atoms with Gasteiger partial charge in [-0.05, 0) is 18.2 Å². The van der Waals surface area contributed by atoms with Crippen LogP contribution < -0.4 is 4.74 Å². The van der Waals surface area contributed by atoms with Gasteiger partial charge in [0.25, 0.3) is 5.95 Å². The number of H-pyrrole nitrogens is 1. The molecule has 2 aromatic heterocycles. The lowest BCUT2D eigenvalue weighted by Gasteiger charge is -2.00. The first-order valence-electron chi connectivity index (χ1n) is 6.36. The minimum absolute atomic E-state index is 0.0284. The molecule has 0 saturated carbocycles. The Balaban J connectivity index is 1.73. The zero-order chi connectivity index (χ0) is 15.4. The zero-order valence-electron chi connectivity index (χ0n) is 11.3. The molecule has 0 amide bonds. The Kier molecular flexibility index (Phi) is 3.69. The summed E-state index contributed by atoms with van der Waals surface area (Å²) in [4.78, 5) is 15.7. The van der Waals surface area contributed by atoms with Crippen LogP contribution in [0.4, 0.5) is 0 Å². The maximum atomic E-state index is 12.0. The number of rotatable bonds is 5. The van der Waals surface area contributed by atoms with Crippen LogP contribution in [0.5, 0.6) is 11.7 Å². The van der Waals surface area contributed by atoms with Crippen molar-refractivity contribution in [2.45, 2.75) is 0 Å². The predicted octanol–water partition coefficient (Wildman–Crippen LogP) is 2.97. The van der Waals surface area contributed by atoms with Crippen LogP contribution in [-0.4, -0.2) is 26.1 Å². The number of nitrogens with zero attached hydrogens (tertiary/aromatic N) is 2. The number of furan rings is 1. The van der Waals surface area contributed by atoms with Gasteiger partial charge in [-0.15, -0.1) is 0 Å². The van der Waals surface area contributed by atoms with E-state index in [2.05, 4.69) is 15.2 Å². The molecule has 0 spiro atoms. The van der Waals surface area contributed by atoms with Crippen molar-refractivity contribution in [3.63, 3.8) is 0 Å². The van der Waals surface area contributed by atoms with Crippen LogP contribution in [-0.2, 0) is 0 Å². The molecule has 0 aliphatic rings. The van der Waals surface area contributed by atoms with Crippen molar-refractivity contribution >= 4 is 11.5 Å². The summed E-state index contributed by atoms with van der Waals surface area (Å²) in [5, 5.41) is 15.8. The lowest BCUT2D eigenvalue weighted by molar-refractivity contribution is 0.101. The van der Waals surface area contributed by atoms with E-state index in [1.807, 2.05) is 18.2 Å². The van der Waals surface area contributed by atoms with E-state index in [0.29, 0.717) is 5.75 Å². The summed E-state index contributed by atoms with van der Waals surface area (Å²) in [6.07, 6.45) is 2.27. The number of benzene rings is 1. The summed E-state index contributed by atoms with van der Waals surface area (Å²) >= 11 is 0. The normalized spacial score (nSPS) is 11.4. The molecule has 7 heteroatoms. The zero-order valence-corrected chi connectivity index (χ0v) is 11.3. The van der Waals surface area contributed by atoms with Crippen molar-refractivity contribution in [3.05, 3.63) is 66.5 Å². The van der Waals surface area contributed by atoms with Crippen molar-refractivity contribution in [3.8, 4) is 11.7 Å². The Morgan fingerprint density at radius 1 is 1.23 bits per heavy atom. The Bertz CT molecular complexity index is 791. The van der Waals surface area contributed by atoms with Gasteiger partial charge in [0.15, 0.2) is 11.5 Å².